The van der Waals surface area contributed by atoms with Gasteiger partial charge in [0.25, 0.3) is 5.88 Å². The first-order valence-electron chi connectivity index (χ1n) is 4.79. The molecule has 0 saturated heterocycles. The van der Waals surface area contributed by atoms with Crippen molar-refractivity contribution in [1.29, 1.82) is 0 Å². The van der Waals surface area contributed by atoms with Crippen molar-refractivity contribution in [2.75, 3.05) is 0 Å². The Morgan fingerprint density at radius 1 is 1.31 bits per heavy atom. The molecule has 5 heteroatoms. The number of pyridine rings is 1. The monoisotopic (exact) mass is 217 g/mol. The normalized spacial score (nSPS) is 10.1. The molecule has 0 atom stereocenters. The molecule has 2 rings (SSSR count). The third-order valence-electron chi connectivity index (χ3n) is 2.08. The van der Waals surface area contributed by atoms with Crippen molar-refractivity contribution in [3.05, 3.63) is 46.8 Å². The van der Waals surface area contributed by atoms with Crippen LogP contribution in [0, 0.1) is 6.92 Å². The average Bonchev–Trinajstić information content (AvgIpc) is 2.28. The van der Waals surface area contributed by atoms with Gasteiger partial charge < -0.3 is 9.30 Å². The number of ether oxygens (including phenoxy) is 1. The lowest BCUT2D eigenvalue weighted by molar-refractivity contribution is 0.446. The van der Waals surface area contributed by atoms with Gasteiger partial charge >= 0.3 is 5.56 Å². The highest BCUT2D eigenvalue weighted by atomic mass is 16.5. The number of hydrogen-bond acceptors (Lipinski definition) is 4. The Kier molecular flexibility index (Phi) is 2.68. The zero-order valence-electron chi connectivity index (χ0n) is 9.04. The summed E-state index contributed by atoms with van der Waals surface area (Å²) in [5.41, 5.74) is 0.615. The quantitative estimate of drug-likeness (QED) is 0.760. The van der Waals surface area contributed by atoms with Crippen LogP contribution in [0.4, 0.5) is 0 Å². The first kappa shape index (κ1) is 10.4. The first-order valence-corrected chi connectivity index (χ1v) is 4.79. The van der Waals surface area contributed by atoms with Gasteiger partial charge in [0.2, 0.25) is 0 Å². The molecule has 16 heavy (non-hydrogen) atoms. The minimum absolute atomic E-state index is 0.0515. The predicted molar refractivity (Wildman–Crippen MR) is 58.5 cm³/mol. The van der Waals surface area contributed by atoms with E-state index < -0.39 is 0 Å². The van der Waals surface area contributed by atoms with Crippen LogP contribution in [0.2, 0.25) is 0 Å². The lowest BCUT2D eigenvalue weighted by atomic mass is 10.4. The predicted octanol–water partition coefficient (Wildman–Crippen LogP) is 1.28. The van der Waals surface area contributed by atoms with Crippen molar-refractivity contribution < 1.29 is 4.74 Å². The lowest BCUT2D eigenvalue weighted by Crippen LogP contribution is -2.18. The highest BCUT2D eigenvalue weighted by Gasteiger charge is 2.05. The molecule has 0 aliphatic carbocycles. The van der Waals surface area contributed by atoms with Gasteiger partial charge in [0.15, 0.2) is 0 Å². The molecule has 2 aromatic heterocycles. The standard InChI is InChI=1S/C11H11N3O2/c1-8-3-4-9(7-13-8)16-10-11(15)14(2)6-5-12-10/h3-7H,1-2H3. The van der Waals surface area contributed by atoms with E-state index in [1.807, 2.05) is 13.0 Å². The van der Waals surface area contributed by atoms with Crippen molar-refractivity contribution in [3.63, 3.8) is 0 Å². The van der Waals surface area contributed by atoms with E-state index in [-0.39, 0.29) is 11.4 Å². The van der Waals surface area contributed by atoms with E-state index in [1.165, 1.54) is 10.8 Å². The Morgan fingerprint density at radius 2 is 2.12 bits per heavy atom. The summed E-state index contributed by atoms with van der Waals surface area (Å²) in [7, 11) is 1.64. The first-order chi connectivity index (χ1) is 7.66. The van der Waals surface area contributed by atoms with E-state index in [0.717, 1.165) is 5.69 Å². The van der Waals surface area contributed by atoms with E-state index in [2.05, 4.69) is 9.97 Å². The van der Waals surface area contributed by atoms with Crippen molar-refractivity contribution in [3.8, 4) is 11.6 Å². The molecular weight excluding hydrogens is 206 g/mol. The topological polar surface area (TPSA) is 57.0 Å². The van der Waals surface area contributed by atoms with Crippen LogP contribution in [0.5, 0.6) is 11.6 Å². The second-order valence-corrected chi connectivity index (χ2v) is 3.39. The number of aryl methyl sites for hydroxylation is 2. The molecule has 0 aliphatic heterocycles. The van der Waals surface area contributed by atoms with Crippen LogP contribution in [0.3, 0.4) is 0 Å². The SMILES string of the molecule is Cc1ccc(Oc2nccn(C)c2=O)cn1. The smallest absolute Gasteiger partial charge is 0.313 e. The van der Waals surface area contributed by atoms with E-state index in [4.69, 9.17) is 4.74 Å². The molecule has 5 nitrogen and oxygen atoms in total. The third kappa shape index (κ3) is 2.08. The van der Waals surface area contributed by atoms with Crippen molar-refractivity contribution >= 4 is 0 Å². The Labute approximate surface area is 92.4 Å². The highest BCUT2D eigenvalue weighted by Crippen LogP contribution is 2.14. The van der Waals surface area contributed by atoms with Gasteiger partial charge in [0.1, 0.15) is 5.75 Å². The fourth-order valence-corrected chi connectivity index (χ4v) is 1.17. The number of rotatable bonds is 2. The van der Waals surface area contributed by atoms with Crippen LogP contribution in [-0.2, 0) is 7.05 Å². The maximum absolute atomic E-state index is 11.6. The Hall–Kier alpha value is -2.17. The molecular formula is C11H11N3O2. The maximum Gasteiger partial charge on any atom is 0.313 e. The molecule has 2 aromatic rings. The molecule has 0 N–H and O–H groups in total. The molecule has 0 bridgehead atoms. The molecule has 0 radical (unpaired) electrons. The van der Waals surface area contributed by atoms with E-state index in [0.29, 0.717) is 5.75 Å². The summed E-state index contributed by atoms with van der Waals surface area (Å²) in [5, 5.41) is 0. The number of hydrogen-bond donors (Lipinski definition) is 0. The van der Waals surface area contributed by atoms with Gasteiger partial charge in [-0.2, -0.15) is 0 Å². The van der Waals surface area contributed by atoms with Crippen LogP contribution < -0.4 is 10.3 Å². The molecule has 82 valence electrons. The van der Waals surface area contributed by atoms with Crippen LogP contribution in [0.15, 0.2) is 35.5 Å². The summed E-state index contributed by atoms with van der Waals surface area (Å²) in [5.74, 6) is 0.553. The number of aromatic nitrogens is 3. The molecule has 2 heterocycles. The van der Waals surface area contributed by atoms with Crippen LogP contribution in [-0.4, -0.2) is 14.5 Å². The zero-order valence-corrected chi connectivity index (χ0v) is 9.04. The van der Waals surface area contributed by atoms with Crippen molar-refractivity contribution in [2.45, 2.75) is 6.92 Å². The molecule has 0 aliphatic rings. The number of nitrogens with zero attached hydrogens (tertiary/aromatic N) is 3. The van der Waals surface area contributed by atoms with E-state index in [9.17, 15) is 4.79 Å². The van der Waals surface area contributed by atoms with Crippen molar-refractivity contribution in [1.82, 2.24) is 14.5 Å². The van der Waals surface area contributed by atoms with Crippen molar-refractivity contribution in [2.24, 2.45) is 7.05 Å². The van der Waals surface area contributed by atoms with Gasteiger partial charge in [0.05, 0.1) is 6.20 Å². The highest BCUT2D eigenvalue weighted by molar-refractivity contribution is 5.23. The van der Waals surface area contributed by atoms with Crippen LogP contribution >= 0.6 is 0 Å². The molecule has 0 fully saturated rings. The Bertz CT molecular complexity index is 546. The second-order valence-electron chi connectivity index (χ2n) is 3.39. The molecule has 0 amide bonds. The van der Waals surface area contributed by atoms with Gasteiger partial charge in [-0.1, -0.05) is 0 Å². The Morgan fingerprint density at radius 3 is 2.81 bits per heavy atom. The molecule has 0 spiro atoms. The summed E-state index contributed by atoms with van der Waals surface area (Å²) >= 11 is 0. The summed E-state index contributed by atoms with van der Waals surface area (Å²) in [6, 6.07) is 3.55. The average molecular weight is 217 g/mol. The van der Waals surface area contributed by atoms with E-state index in [1.54, 1.807) is 25.5 Å². The zero-order chi connectivity index (χ0) is 11.5. The summed E-state index contributed by atoms with van der Waals surface area (Å²) in [6.45, 7) is 1.88. The summed E-state index contributed by atoms with van der Waals surface area (Å²) < 4.78 is 6.74. The van der Waals surface area contributed by atoms with Gasteiger partial charge in [0, 0.05) is 25.1 Å². The van der Waals surface area contributed by atoms with Gasteiger partial charge in [-0.15, -0.1) is 0 Å². The largest absolute Gasteiger partial charge is 0.433 e. The summed E-state index contributed by atoms with van der Waals surface area (Å²) in [6.07, 6.45) is 4.64. The second kappa shape index (κ2) is 4.14. The van der Waals surface area contributed by atoms with E-state index >= 15 is 0 Å². The van der Waals surface area contributed by atoms with Gasteiger partial charge in [-0.3, -0.25) is 9.78 Å². The van der Waals surface area contributed by atoms with Gasteiger partial charge in [-0.25, -0.2) is 4.98 Å². The molecule has 0 unspecified atom stereocenters. The third-order valence-corrected chi connectivity index (χ3v) is 2.08. The minimum Gasteiger partial charge on any atom is -0.433 e. The fraction of sp³-hybridized carbons (Fsp3) is 0.182. The lowest BCUT2D eigenvalue weighted by Gasteiger charge is -2.04. The van der Waals surface area contributed by atoms with Crippen LogP contribution in [0.25, 0.3) is 0 Å². The van der Waals surface area contributed by atoms with Crippen LogP contribution in [0.1, 0.15) is 5.69 Å². The molecule has 0 saturated carbocycles. The van der Waals surface area contributed by atoms with Gasteiger partial charge in [-0.05, 0) is 19.1 Å². The maximum atomic E-state index is 11.6. The molecule has 0 aromatic carbocycles. The fourth-order valence-electron chi connectivity index (χ4n) is 1.17. The Balaban J connectivity index is 2.31. The summed E-state index contributed by atoms with van der Waals surface area (Å²) in [4.78, 5) is 19.5. The minimum atomic E-state index is -0.275.